The molecule has 0 saturated heterocycles. The molecule has 0 spiro atoms. The quantitative estimate of drug-likeness (QED) is 0.365. The van der Waals surface area contributed by atoms with Gasteiger partial charge in [-0.05, 0) is 50.2 Å². The van der Waals surface area contributed by atoms with Gasteiger partial charge >= 0.3 is 0 Å². The fraction of sp³-hybridized carbons (Fsp3) is 0.227. The molecule has 1 atom stereocenters. The third-order valence-electron chi connectivity index (χ3n) is 4.98. The van der Waals surface area contributed by atoms with Gasteiger partial charge in [-0.25, -0.2) is 9.97 Å². The molecule has 4 rings (SSSR count). The summed E-state index contributed by atoms with van der Waals surface area (Å²) in [6, 6.07) is 15.3. The first kappa shape index (κ1) is 21.9. The molecular formula is C22H26N8OS. The van der Waals surface area contributed by atoms with Crippen LogP contribution in [0, 0.1) is 0 Å². The Hall–Kier alpha value is -3.34. The van der Waals surface area contributed by atoms with Crippen molar-refractivity contribution in [1.82, 2.24) is 19.5 Å². The fourth-order valence-electron chi connectivity index (χ4n) is 3.34. The van der Waals surface area contributed by atoms with Crippen LogP contribution in [0.1, 0.15) is 13.8 Å². The number of aromatic nitrogens is 4. The van der Waals surface area contributed by atoms with Crippen molar-refractivity contribution in [3.8, 4) is 0 Å². The van der Waals surface area contributed by atoms with Crippen molar-refractivity contribution < 1.29 is 4.55 Å². The molecule has 0 aliphatic carbocycles. The summed E-state index contributed by atoms with van der Waals surface area (Å²) < 4.78 is 13.6. The minimum atomic E-state index is -1.55. The molecule has 0 amide bonds. The molecule has 9 nitrogen and oxygen atoms in total. The van der Waals surface area contributed by atoms with Crippen LogP contribution in [0.4, 0.5) is 29.1 Å². The van der Waals surface area contributed by atoms with E-state index in [4.69, 9.17) is 10.1 Å². The summed E-state index contributed by atoms with van der Waals surface area (Å²) in [4.78, 5) is 16.1. The number of aryl methyl sites for hydroxylation is 1. The molecule has 10 heteroatoms. The van der Waals surface area contributed by atoms with Crippen molar-refractivity contribution >= 4 is 51.5 Å². The van der Waals surface area contributed by atoms with Gasteiger partial charge < -0.3 is 24.7 Å². The van der Waals surface area contributed by atoms with Gasteiger partial charge in [0.25, 0.3) is 0 Å². The first-order valence-electron chi connectivity index (χ1n) is 10.1. The van der Waals surface area contributed by atoms with Crippen molar-refractivity contribution in [1.29, 1.82) is 0 Å². The predicted molar refractivity (Wildman–Crippen MR) is 130 cm³/mol. The van der Waals surface area contributed by atoms with Crippen LogP contribution < -0.4 is 20.7 Å². The lowest BCUT2D eigenvalue weighted by Crippen LogP contribution is -2.13. The largest absolute Gasteiger partial charge is 0.593 e. The molecule has 166 valence electrons. The van der Waals surface area contributed by atoms with Crippen LogP contribution in [0.15, 0.2) is 59.6 Å². The number of hydrogen-bond donors (Lipinski definition) is 3. The number of imidazole rings is 1. The fourth-order valence-corrected chi connectivity index (χ4v) is 3.80. The Labute approximate surface area is 190 Å². The first-order chi connectivity index (χ1) is 15.3. The number of fused-ring (bicyclic) bond motifs is 1. The summed E-state index contributed by atoms with van der Waals surface area (Å²) in [5, 5.41) is 12.0. The lowest BCUT2D eigenvalue weighted by atomic mass is 10.2. The smallest absolute Gasteiger partial charge is 0.229 e. The number of hydrogen-bond acceptors (Lipinski definition) is 8. The van der Waals surface area contributed by atoms with Gasteiger partial charge in [-0.1, -0.05) is 6.07 Å². The molecular weight excluding hydrogens is 424 g/mol. The highest BCUT2D eigenvalue weighted by atomic mass is 32.2. The third kappa shape index (κ3) is 4.62. The Morgan fingerprint density at radius 1 is 1.12 bits per heavy atom. The van der Waals surface area contributed by atoms with Crippen LogP contribution in [0.3, 0.4) is 0 Å². The minimum Gasteiger partial charge on any atom is -0.593 e. The van der Waals surface area contributed by atoms with Crippen LogP contribution in [0.5, 0.6) is 0 Å². The van der Waals surface area contributed by atoms with Crippen LogP contribution >= 0.6 is 0 Å². The van der Waals surface area contributed by atoms with E-state index in [1.165, 1.54) is 0 Å². The topological polar surface area (TPSA) is 120 Å². The maximum atomic E-state index is 11.5. The summed E-state index contributed by atoms with van der Waals surface area (Å²) in [6.07, 6.45) is 1.69. The maximum Gasteiger partial charge on any atom is 0.229 e. The average Bonchev–Trinajstić information content (AvgIpc) is 3.07. The predicted octanol–water partition coefficient (Wildman–Crippen LogP) is 3.68. The van der Waals surface area contributed by atoms with E-state index in [1.807, 2.05) is 47.8 Å². The Bertz CT molecular complexity index is 1240. The highest BCUT2D eigenvalue weighted by Gasteiger charge is 2.13. The van der Waals surface area contributed by atoms with Gasteiger partial charge in [-0.2, -0.15) is 4.98 Å². The van der Waals surface area contributed by atoms with Crippen LogP contribution in [0.2, 0.25) is 0 Å². The summed E-state index contributed by atoms with van der Waals surface area (Å²) in [5.41, 5.74) is 3.62. The van der Waals surface area contributed by atoms with E-state index >= 15 is 0 Å². The van der Waals surface area contributed by atoms with Crippen LogP contribution in [-0.4, -0.2) is 37.2 Å². The van der Waals surface area contributed by atoms with Crippen LogP contribution in [0.25, 0.3) is 11.0 Å². The zero-order chi connectivity index (χ0) is 22.8. The zero-order valence-corrected chi connectivity index (χ0v) is 19.2. The number of nitrogens with one attached hydrogen (secondary N) is 2. The summed E-state index contributed by atoms with van der Waals surface area (Å²) in [7, 11) is 3.95. The second-order valence-electron chi connectivity index (χ2n) is 7.71. The number of rotatable bonds is 7. The van der Waals surface area contributed by atoms with Gasteiger partial charge in [0.2, 0.25) is 11.9 Å². The van der Waals surface area contributed by atoms with E-state index in [2.05, 4.69) is 40.5 Å². The Morgan fingerprint density at radius 2 is 1.94 bits per heavy atom. The lowest BCUT2D eigenvalue weighted by Gasteiger charge is -2.19. The molecule has 4 aromatic rings. The highest BCUT2D eigenvalue weighted by molar-refractivity contribution is 7.89. The van der Waals surface area contributed by atoms with Gasteiger partial charge in [0.05, 0.1) is 22.4 Å². The molecule has 2 aromatic carbocycles. The molecule has 2 heterocycles. The Kier molecular flexibility index (Phi) is 6.17. The molecule has 0 radical (unpaired) electrons. The molecule has 1 unspecified atom stereocenters. The van der Waals surface area contributed by atoms with Crippen molar-refractivity contribution in [2.24, 2.45) is 12.2 Å². The molecule has 0 aliphatic heterocycles. The second-order valence-corrected chi connectivity index (χ2v) is 8.78. The third-order valence-corrected chi connectivity index (χ3v) is 5.70. The van der Waals surface area contributed by atoms with Crippen molar-refractivity contribution in [2.75, 3.05) is 22.6 Å². The van der Waals surface area contributed by atoms with Crippen LogP contribution in [-0.2, 0) is 18.4 Å². The average molecular weight is 451 g/mol. The molecule has 0 saturated carbocycles. The normalized spacial score (nSPS) is 12.2. The highest BCUT2D eigenvalue weighted by Crippen LogP contribution is 2.28. The summed E-state index contributed by atoms with van der Waals surface area (Å²) in [6.45, 7) is 4.18. The second kappa shape index (κ2) is 9.03. The van der Waals surface area contributed by atoms with Gasteiger partial charge in [0.15, 0.2) is 4.90 Å². The number of anilines is 5. The molecule has 32 heavy (non-hydrogen) atoms. The van der Waals surface area contributed by atoms with E-state index in [0.29, 0.717) is 22.6 Å². The maximum absolute atomic E-state index is 11.5. The SMILES string of the molecule is CC(C)Nc1nc2cc(N(C)c3ccnc(Nc4cccc([S+](N)[O-])c4)n3)ccc2n1C. The molecule has 0 aliphatic rings. The standard InChI is InChI=1S/C22H26N8OS/c1-14(2)25-22-27-18-13-16(8-9-19(18)30(22)4)29(3)20-10-11-24-21(28-20)26-15-6-5-7-17(12-15)32(23)31/h5-14H,23H2,1-4H3,(H,25,27)(H,24,26,28). The molecule has 0 bridgehead atoms. The van der Waals surface area contributed by atoms with E-state index < -0.39 is 11.4 Å². The summed E-state index contributed by atoms with van der Waals surface area (Å²) >= 11 is -1.55. The first-order valence-corrected chi connectivity index (χ1v) is 11.4. The van der Waals surface area contributed by atoms with Crippen molar-refractivity contribution in [2.45, 2.75) is 24.8 Å². The number of benzene rings is 2. The number of nitrogens with two attached hydrogens (primary N) is 1. The molecule has 4 N–H and O–H groups in total. The summed E-state index contributed by atoms with van der Waals surface area (Å²) in [5.74, 6) is 1.98. The lowest BCUT2D eigenvalue weighted by molar-refractivity contribution is 0.597. The monoisotopic (exact) mass is 450 g/mol. The van der Waals surface area contributed by atoms with Gasteiger partial charge in [-0.3, -0.25) is 0 Å². The van der Waals surface area contributed by atoms with E-state index in [0.717, 1.165) is 28.5 Å². The van der Waals surface area contributed by atoms with Gasteiger partial charge in [0.1, 0.15) is 5.82 Å². The van der Waals surface area contributed by atoms with Gasteiger partial charge in [0, 0.05) is 43.8 Å². The molecule has 0 fully saturated rings. The van der Waals surface area contributed by atoms with E-state index in [1.54, 1.807) is 24.4 Å². The number of nitrogens with zero attached hydrogens (tertiary/aromatic N) is 5. The van der Waals surface area contributed by atoms with Gasteiger partial charge in [-0.15, -0.1) is 5.14 Å². The zero-order valence-electron chi connectivity index (χ0n) is 18.4. The molecule has 2 aromatic heterocycles. The Morgan fingerprint density at radius 3 is 2.69 bits per heavy atom. The van der Waals surface area contributed by atoms with E-state index in [-0.39, 0.29) is 0 Å². The Balaban J connectivity index is 1.59. The van der Waals surface area contributed by atoms with E-state index in [9.17, 15) is 4.55 Å². The van der Waals surface area contributed by atoms with Crippen molar-refractivity contribution in [3.05, 3.63) is 54.7 Å². The van der Waals surface area contributed by atoms with Crippen molar-refractivity contribution in [3.63, 3.8) is 0 Å². The minimum absolute atomic E-state index is 0.296.